The van der Waals surface area contributed by atoms with Gasteiger partial charge >= 0.3 is 0 Å². The zero-order valence-corrected chi connectivity index (χ0v) is 5.93. The minimum atomic E-state index is -4.17. The van der Waals surface area contributed by atoms with Crippen molar-refractivity contribution in [1.82, 2.24) is 0 Å². The van der Waals surface area contributed by atoms with Crippen LogP contribution in [0, 0.1) is 10.8 Å². The predicted octanol–water partition coefficient (Wildman–Crippen LogP) is -0.0680. The van der Waals surface area contributed by atoms with Crippen molar-refractivity contribution in [2.75, 3.05) is 0 Å². The van der Waals surface area contributed by atoms with Crippen LogP contribution in [0.25, 0.3) is 0 Å². The van der Waals surface area contributed by atoms with Gasteiger partial charge in [0.2, 0.25) is 0 Å². The van der Waals surface area contributed by atoms with Gasteiger partial charge in [-0.1, -0.05) is 0 Å². The molecule has 0 saturated carbocycles. The number of hydrogen-bond acceptors (Lipinski definition) is 4. The first-order valence-electron chi connectivity index (χ1n) is 2.48. The Balaban J connectivity index is 4.36. The third kappa shape index (κ3) is 2.70. The lowest BCUT2D eigenvalue weighted by molar-refractivity contribution is 0.478. The average Bonchev–Trinajstić information content (AvgIpc) is 1.80. The molecule has 0 fully saturated rings. The van der Waals surface area contributed by atoms with Gasteiger partial charge in [0.25, 0.3) is 10.1 Å². The van der Waals surface area contributed by atoms with Gasteiger partial charge in [-0.25, -0.2) is 0 Å². The van der Waals surface area contributed by atoms with Crippen molar-refractivity contribution in [3.05, 3.63) is 0 Å². The summed E-state index contributed by atoms with van der Waals surface area (Å²) in [5.41, 5.74) is 0. The highest BCUT2D eigenvalue weighted by atomic mass is 32.2. The topological polar surface area (TPSA) is 102 Å². The zero-order valence-electron chi connectivity index (χ0n) is 5.11. The van der Waals surface area contributed by atoms with Crippen molar-refractivity contribution < 1.29 is 13.0 Å². The maximum Gasteiger partial charge on any atom is 0.273 e. The van der Waals surface area contributed by atoms with Crippen molar-refractivity contribution in [2.45, 2.75) is 11.7 Å². The largest absolute Gasteiger partial charge is 0.313 e. The van der Waals surface area contributed by atoms with Gasteiger partial charge in [0.05, 0.1) is 0 Å². The van der Waals surface area contributed by atoms with Crippen LogP contribution in [0.2, 0.25) is 0 Å². The quantitative estimate of drug-likeness (QED) is 0.400. The Morgan fingerprint density at radius 2 is 2.00 bits per heavy atom. The van der Waals surface area contributed by atoms with Crippen LogP contribution in [-0.4, -0.2) is 30.6 Å². The van der Waals surface area contributed by atoms with Crippen molar-refractivity contribution in [3.8, 4) is 0 Å². The highest BCUT2D eigenvalue weighted by Crippen LogP contribution is 1.97. The summed E-state index contributed by atoms with van der Waals surface area (Å²) in [6.07, 6.45) is 1.28. The number of hydrogen-bond donors (Lipinski definition) is 3. The van der Waals surface area contributed by atoms with Crippen molar-refractivity contribution in [2.24, 2.45) is 0 Å². The molecular weight excluding hydrogens is 156 g/mol. The van der Waals surface area contributed by atoms with Gasteiger partial charge in [0, 0.05) is 12.6 Å². The fourth-order valence-electron chi connectivity index (χ4n) is 0.392. The molecule has 0 radical (unpaired) electrons. The second-order valence-corrected chi connectivity index (χ2v) is 3.30. The van der Waals surface area contributed by atoms with Crippen LogP contribution < -0.4 is 0 Å². The molecule has 1 unspecified atom stereocenters. The standard InChI is InChI=1S/C4H8N2O3S/c5-2-1-4(3-6)10(7,8)9/h2-6H,1H2,(H,7,8,9). The molecule has 0 rings (SSSR count). The van der Waals surface area contributed by atoms with E-state index in [4.69, 9.17) is 15.4 Å². The van der Waals surface area contributed by atoms with Crippen LogP contribution in [0.1, 0.15) is 6.42 Å². The van der Waals surface area contributed by atoms with Crippen LogP contribution >= 0.6 is 0 Å². The second-order valence-electron chi connectivity index (χ2n) is 1.66. The van der Waals surface area contributed by atoms with Gasteiger partial charge in [0.1, 0.15) is 5.25 Å². The molecule has 1 atom stereocenters. The van der Waals surface area contributed by atoms with E-state index >= 15 is 0 Å². The van der Waals surface area contributed by atoms with E-state index in [1.807, 2.05) is 0 Å². The molecular formula is C4H8N2O3S. The maximum absolute atomic E-state index is 10.3. The van der Waals surface area contributed by atoms with E-state index in [9.17, 15) is 8.42 Å². The Kier molecular flexibility index (Phi) is 3.17. The molecule has 0 bridgehead atoms. The van der Waals surface area contributed by atoms with Crippen molar-refractivity contribution in [1.29, 1.82) is 10.8 Å². The molecule has 0 aromatic heterocycles. The molecule has 0 aliphatic carbocycles. The lowest BCUT2D eigenvalue weighted by atomic mass is 10.3. The fraction of sp³-hybridized carbons (Fsp3) is 0.500. The van der Waals surface area contributed by atoms with Gasteiger partial charge < -0.3 is 10.8 Å². The molecule has 0 spiro atoms. The lowest BCUT2D eigenvalue weighted by Crippen LogP contribution is -2.21. The average molecular weight is 164 g/mol. The third-order valence-electron chi connectivity index (χ3n) is 0.919. The summed E-state index contributed by atoms with van der Waals surface area (Å²) in [6.45, 7) is 0. The van der Waals surface area contributed by atoms with E-state index in [0.717, 1.165) is 6.21 Å². The van der Waals surface area contributed by atoms with Crippen molar-refractivity contribution in [3.63, 3.8) is 0 Å². The van der Waals surface area contributed by atoms with Crippen LogP contribution in [-0.2, 0) is 10.1 Å². The summed E-state index contributed by atoms with van der Waals surface area (Å²) in [5.74, 6) is 0. The molecule has 5 nitrogen and oxygen atoms in total. The highest BCUT2D eigenvalue weighted by Gasteiger charge is 2.18. The Labute approximate surface area is 58.8 Å². The van der Waals surface area contributed by atoms with E-state index in [1.165, 1.54) is 0 Å². The first-order valence-corrected chi connectivity index (χ1v) is 3.98. The molecule has 0 saturated heterocycles. The van der Waals surface area contributed by atoms with E-state index in [0.29, 0.717) is 6.21 Å². The monoisotopic (exact) mass is 164 g/mol. The van der Waals surface area contributed by atoms with Crippen LogP contribution in [0.5, 0.6) is 0 Å². The lowest BCUT2D eigenvalue weighted by Gasteiger charge is -2.01. The Morgan fingerprint density at radius 3 is 2.10 bits per heavy atom. The number of nitrogens with one attached hydrogen (secondary N) is 2. The zero-order chi connectivity index (χ0) is 8.20. The highest BCUT2D eigenvalue weighted by molar-refractivity contribution is 7.87. The number of rotatable bonds is 4. The molecule has 58 valence electrons. The molecule has 0 aliphatic rings. The summed E-state index contributed by atoms with van der Waals surface area (Å²) in [4.78, 5) is 0. The van der Waals surface area contributed by atoms with E-state index < -0.39 is 15.4 Å². The Hall–Kier alpha value is -0.750. The van der Waals surface area contributed by atoms with Crippen molar-refractivity contribution >= 4 is 22.5 Å². The third-order valence-corrected chi connectivity index (χ3v) is 2.01. The first-order chi connectivity index (χ1) is 4.52. The molecule has 10 heavy (non-hydrogen) atoms. The molecule has 3 N–H and O–H groups in total. The molecule has 0 aromatic rings. The summed E-state index contributed by atoms with van der Waals surface area (Å²) in [5, 5.41) is 11.8. The second kappa shape index (κ2) is 3.43. The van der Waals surface area contributed by atoms with Crippen LogP contribution in [0.3, 0.4) is 0 Å². The summed E-state index contributed by atoms with van der Waals surface area (Å²) in [7, 11) is -4.17. The first kappa shape index (κ1) is 9.25. The van der Waals surface area contributed by atoms with Gasteiger partial charge in [-0.15, -0.1) is 0 Å². The summed E-state index contributed by atoms with van der Waals surface area (Å²) >= 11 is 0. The van der Waals surface area contributed by atoms with Crippen LogP contribution in [0.4, 0.5) is 0 Å². The van der Waals surface area contributed by atoms with E-state index in [2.05, 4.69) is 0 Å². The van der Waals surface area contributed by atoms with Gasteiger partial charge in [0.15, 0.2) is 0 Å². The maximum atomic E-state index is 10.3. The Bertz CT molecular complexity index is 221. The normalized spacial score (nSPS) is 14.1. The Morgan fingerprint density at radius 1 is 1.50 bits per heavy atom. The minimum Gasteiger partial charge on any atom is -0.313 e. The molecule has 0 aromatic carbocycles. The molecule has 0 heterocycles. The molecule has 6 heteroatoms. The fourth-order valence-corrected chi connectivity index (χ4v) is 0.903. The summed E-state index contributed by atoms with van der Waals surface area (Å²) < 4.78 is 28.8. The predicted molar refractivity (Wildman–Crippen MR) is 37.5 cm³/mol. The summed E-state index contributed by atoms with van der Waals surface area (Å²) in [6, 6.07) is 0. The van der Waals surface area contributed by atoms with Gasteiger partial charge in [-0.2, -0.15) is 8.42 Å². The van der Waals surface area contributed by atoms with Gasteiger partial charge in [-0.05, 0) is 6.21 Å². The molecule has 0 aliphatic heterocycles. The SMILES string of the molecule is N=CCC(C=N)S(=O)(=O)O. The van der Waals surface area contributed by atoms with E-state index in [1.54, 1.807) is 0 Å². The van der Waals surface area contributed by atoms with E-state index in [-0.39, 0.29) is 6.42 Å². The minimum absolute atomic E-state index is 0.150. The smallest absolute Gasteiger partial charge is 0.273 e. The van der Waals surface area contributed by atoms with Gasteiger partial charge in [-0.3, -0.25) is 4.55 Å². The van der Waals surface area contributed by atoms with Crippen LogP contribution in [0.15, 0.2) is 0 Å². The molecule has 0 amide bonds.